The minimum Gasteiger partial charge on any atom is -0.486 e. The number of nitrogen functional groups attached to an aromatic ring is 1. The summed E-state index contributed by atoms with van der Waals surface area (Å²) in [5.41, 5.74) is 9.23. The van der Waals surface area contributed by atoms with Gasteiger partial charge in [-0.25, -0.2) is 4.98 Å². The lowest BCUT2D eigenvalue weighted by Gasteiger charge is -2.17. The second-order valence-electron chi connectivity index (χ2n) is 4.72. The van der Waals surface area contributed by atoms with Crippen LogP contribution in [0.25, 0.3) is 22.4 Å². The van der Waals surface area contributed by atoms with Crippen molar-refractivity contribution < 1.29 is 9.47 Å². The highest BCUT2D eigenvalue weighted by molar-refractivity contribution is 5.83. The number of benzene rings is 2. The predicted molar refractivity (Wildman–Crippen MR) is 76.9 cm³/mol. The SMILES string of the molecule is Nc1ccc(-c2nc3cc4c(cc3[nH]2)OCCO4)cc1. The van der Waals surface area contributed by atoms with Crippen LogP contribution in [-0.2, 0) is 0 Å². The smallest absolute Gasteiger partial charge is 0.163 e. The molecule has 2 heterocycles. The molecule has 3 aromatic rings. The third kappa shape index (κ3) is 1.75. The van der Waals surface area contributed by atoms with E-state index < -0.39 is 0 Å². The maximum atomic E-state index is 5.70. The van der Waals surface area contributed by atoms with Gasteiger partial charge in [-0.15, -0.1) is 0 Å². The number of nitrogens with two attached hydrogens (primary N) is 1. The Bertz CT molecular complexity index is 735. The average Bonchev–Trinajstić information content (AvgIpc) is 2.88. The maximum absolute atomic E-state index is 5.70. The normalized spacial score (nSPS) is 13.6. The van der Waals surface area contributed by atoms with Gasteiger partial charge in [0.1, 0.15) is 19.0 Å². The fraction of sp³-hybridized carbons (Fsp3) is 0.133. The molecular weight excluding hydrogens is 254 g/mol. The van der Waals surface area contributed by atoms with Gasteiger partial charge in [0.15, 0.2) is 11.5 Å². The lowest BCUT2D eigenvalue weighted by molar-refractivity contribution is 0.172. The topological polar surface area (TPSA) is 73.2 Å². The Hall–Kier alpha value is -2.69. The molecule has 1 aromatic heterocycles. The summed E-state index contributed by atoms with van der Waals surface area (Å²) in [5.74, 6) is 2.32. The molecule has 2 aromatic carbocycles. The Balaban J connectivity index is 1.84. The van der Waals surface area contributed by atoms with E-state index >= 15 is 0 Å². The maximum Gasteiger partial charge on any atom is 0.163 e. The molecule has 0 spiro atoms. The van der Waals surface area contributed by atoms with Crippen LogP contribution in [0.3, 0.4) is 0 Å². The minimum atomic E-state index is 0.577. The quantitative estimate of drug-likeness (QED) is 0.665. The summed E-state index contributed by atoms with van der Waals surface area (Å²) in [6.07, 6.45) is 0. The molecule has 5 nitrogen and oxygen atoms in total. The van der Waals surface area contributed by atoms with Crippen LogP contribution in [-0.4, -0.2) is 23.2 Å². The highest BCUT2D eigenvalue weighted by Crippen LogP contribution is 2.34. The first-order chi connectivity index (χ1) is 9.79. The molecule has 0 bridgehead atoms. The number of H-pyrrole nitrogens is 1. The van der Waals surface area contributed by atoms with E-state index in [0.29, 0.717) is 13.2 Å². The minimum absolute atomic E-state index is 0.577. The van der Waals surface area contributed by atoms with E-state index in [1.807, 2.05) is 36.4 Å². The molecule has 0 atom stereocenters. The molecule has 1 aliphatic rings. The Labute approximate surface area is 115 Å². The van der Waals surface area contributed by atoms with Gasteiger partial charge in [0.2, 0.25) is 0 Å². The van der Waals surface area contributed by atoms with Crippen molar-refractivity contribution in [3.63, 3.8) is 0 Å². The van der Waals surface area contributed by atoms with Gasteiger partial charge in [-0.2, -0.15) is 0 Å². The van der Waals surface area contributed by atoms with Crippen LogP contribution >= 0.6 is 0 Å². The molecule has 0 radical (unpaired) electrons. The summed E-state index contributed by atoms with van der Waals surface area (Å²) in [4.78, 5) is 7.88. The number of rotatable bonds is 1. The van der Waals surface area contributed by atoms with Crippen molar-refractivity contribution in [3.05, 3.63) is 36.4 Å². The first kappa shape index (κ1) is 11.2. The average molecular weight is 267 g/mol. The molecule has 0 fully saturated rings. The highest BCUT2D eigenvalue weighted by atomic mass is 16.6. The largest absolute Gasteiger partial charge is 0.486 e. The van der Waals surface area contributed by atoms with E-state index in [0.717, 1.165) is 39.6 Å². The first-order valence-electron chi connectivity index (χ1n) is 6.45. The zero-order chi connectivity index (χ0) is 13.5. The van der Waals surface area contributed by atoms with Gasteiger partial charge in [-0.05, 0) is 24.3 Å². The van der Waals surface area contributed by atoms with Crippen molar-refractivity contribution in [2.75, 3.05) is 18.9 Å². The van der Waals surface area contributed by atoms with Gasteiger partial charge in [-0.1, -0.05) is 0 Å². The van der Waals surface area contributed by atoms with Crippen molar-refractivity contribution in [2.24, 2.45) is 0 Å². The summed E-state index contributed by atoms with van der Waals surface area (Å²) in [5, 5.41) is 0. The van der Waals surface area contributed by atoms with Crippen molar-refractivity contribution in [2.45, 2.75) is 0 Å². The first-order valence-corrected chi connectivity index (χ1v) is 6.45. The van der Waals surface area contributed by atoms with Crippen LogP contribution in [0.5, 0.6) is 11.5 Å². The highest BCUT2D eigenvalue weighted by Gasteiger charge is 2.15. The van der Waals surface area contributed by atoms with Gasteiger partial charge >= 0.3 is 0 Å². The number of aromatic nitrogens is 2. The zero-order valence-electron chi connectivity index (χ0n) is 10.7. The van der Waals surface area contributed by atoms with Crippen LogP contribution < -0.4 is 15.2 Å². The third-order valence-corrected chi connectivity index (χ3v) is 3.33. The second kappa shape index (κ2) is 4.16. The molecular formula is C15H13N3O2. The molecule has 0 saturated carbocycles. The van der Waals surface area contributed by atoms with Gasteiger partial charge < -0.3 is 20.2 Å². The van der Waals surface area contributed by atoms with E-state index in [9.17, 15) is 0 Å². The predicted octanol–water partition coefficient (Wildman–Crippen LogP) is 2.58. The molecule has 0 aliphatic carbocycles. The number of hydrogen-bond acceptors (Lipinski definition) is 4. The molecule has 5 heteroatoms. The summed E-state index contributed by atoms with van der Waals surface area (Å²) in [6.45, 7) is 1.16. The van der Waals surface area contributed by atoms with Gasteiger partial charge in [0.25, 0.3) is 0 Å². The van der Waals surface area contributed by atoms with Gasteiger partial charge in [0, 0.05) is 23.4 Å². The fourth-order valence-electron chi connectivity index (χ4n) is 2.32. The van der Waals surface area contributed by atoms with Crippen molar-refractivity contribution in [1.82, 2.24) is 9.97 Å². The number of imidazole rings is 1. The van der Waals surface area contributed by atoms with Gasteiger partial charge in [-0.3, -0.25) is 0 Å². The molecule has 1 aliphatic heterocycles. The molecule has 4 rings (SSSR count). The number of ether oxygens (including phenoxy) is 2. The van der Waals surface area contributed by atoms with E-state index in [-0.39, 0.29) is 0 Å². The van der Waals surface area contributed by atoms with Crippen molar-refractivity contribution in [1.29, 1.82) is 0 Å². The molecule has 3 N–H and O–H groups in total. The standard InChI is InChI=1S/C15H13N3O2/c16-10-3-1-9(2-4-10)15-17-11-7-13-14(8-12(11)18-15)20-6-5-19-13/h1-4,7-8H,5-6,16H2,(H,17,18). The Morgan fingerprint density at radius 1 is 1.00 bits per heavy atom. The Kier molecular flexibility index (Phi) is 2.32. The third-order valence-electron chi connectivity index (χ3n) is 3.33. The molecule has 20 heavy (non-hydrogen) atoms. The Morgan fingerprint density at radius 3 is 2.45 bits per heavy atom. The molecule has 100 valence electrons. The van der Waals surface area contributed by atoms with Crippen LogP contribution in [0.4, 0.5) is 5.69 Å². The molecule has 0 saturated heterocycles. The van der Waals surface area contributed by atoms with Crippen LogP contribution in [0.1, 0.15) is 0 Å². The second-order valence-corrected chi connectivity index (χ2v) is 4.72. The molecule has 0 unspecified atom stereocenters. The van der Waals surface area contributed by atoms with Crippen LogP contribution in [0.2, 0.25) is 0 Å². The van der Waals surface area contributed by atoms with E-state index in [1.165, 1.54) is 0 Å². The van der Waals surface area contributed by atoms with E-state index in [1.54, 1.807) is 0 Å². The molecule has 0 amide bonds. The van der Waals surface area contributed by atoms with Crippen molar-refractivity contribution in [3.8, 4) is 22.9 Å². The van der Waals surface area contributed by atoms with Crippen molar-refractivity contribution >= 4 is 16.7 Å². The number of nitrogens with one attached hydrogen (secondary N) is 1. The number of aromatic amines is 1. The zero-order valence-corrected chi connectivity index (χ0v) is 10.7. The van der Waals surface area contributed by atoms with Crippen LogP contribution in [0, 0.1) is 0 Å². The van der Waals surface area contributed by atoms with Gasteiger partial charge in [0.05, 0.1) is 11.0 Å². The number of nitrogens with zero attached hydrogens (tertiary/aromatic N) is 1. The lowest BCUT2D eigenvalue weighted by atomic mass is 10.2. The Morgan fingerprint density at radius 2 is 1.70 bits per heavy atom. The summed E-state index contributed by atoms with van der Waals surface area (Å²) >= 11 is 0. The van der Waals surface area contributed by atoms with Crippen LogP contribution in [0.15, 0.2) is 36.4 Å². The number of hydrogen-bond donors (Lipinski definition) is 2. The number of fused-ring (bicyclic) bond motifs is 2. The summed E-state index contributed by atoms with van der Waals surface area (Å²) in [7, 11) is 0. The monoisotopic (exact) mass is 267 g/mol. The summed E-state index contributed by atoms with van der Waals surface area (Å²) in [6, 6.07) is 11.4. The fourth-order valence-corrected chi connectivity index (χ4v) is 2.32. The van der Waals surface area contributed by atoms with E-state index in [4.69, 9.17) is 15.2 Å². The number of anilines is 1. The lowest BCUT2D eigenvalue weighted by Crippen LogP contribution is -2.15. The van der Waals surface area contributed by atoms with E-state index in [2.05, 4.69) is 9.97 Å². The summed E-state index contributed by atoms with van der Waals surface area (Å²) < 4.78 is 11.1.